The Bertz CT molecular complexity index is 169. The van der Waals surface area contributed by atoms with Gasteiger partial charge in [0.1, 0.15) is 0 Å². The predicted octanol–water partition coefficient (Wildman–Crippen LogP) is 4.38. The topological polar surface area (TPSA) is 9.23 Å². The Kier molecular flexibility index (Phi) is 6.46. The van der Waals surface area contributed by atoms with Gasteiger partial charge in [-0.05, 0) is 26.3 Å². The van der Waals surface area contributed by atoms with Gasteiger partial charge in [0.15, 0.2) is 0 Å². The third kappa shape index (κ3) is 8.29. The molecule has 0 saturated carbocycles. The van der Waals surface area contributed by atoms with Crippen molar-refractivity contribution in [3.63, 3.8) is 0 Å². The minimum Gasteiger partial charge on any atom is -0.381 e. The number of ether oxygens (including phenoxy) is 1. The van der Waals surface area contributed by atoms with E-state index in [1.807, 2.05) is 0 Å². The van der Waals surface area contributed by atoms with Gasteiger partial charge in [-0.1, -0.05) is 26.6 Å². The van der Waals surface area contributed by atoms with E-state index in [2.05, 4.69) is 40.4 Å². The lowest BCUT2D eigenvalue weighted by molar-refractivity contribution is 0.0957. The fourth-order valence-corrected chi connectivity index (χ4v) is 2.38. The molecule has 0 aromatic carbocycles. The van der Waals surface area contributed by atoms with Crippen LogP contribution in [-0.2, 0) is 4.74 Å². The normalized spacial score (nSPS) is 15.4. The number of hydrogen-bond donors (Lipinski definition) is 0. The van der Waals surface area contributed by atoms with E-state index in [0.717, 1.165) is 19.6 Å². The van der Waals surface area contributed by atoms with Crippen molar-refractivity contribution in [1.29, 1.82) is 0 Å². The third-order valence-electron chi connectivity index (χ3n) is 2.78. The van der Waals surface area contributed by atoms with E-state index in [-0.39, 0.29) is 4.87 Å². The standard InChI is InChI=1S/C12H27ClOSi/c1-7-11(12(2,3)13)10-14-8-9-15(4,5)6/h11H,7-10H2,1-6H3/t11-/m0/s1. The van der Waals surface area contributed by atoms with Gasteiger partial charge >= 0.3 is 0 Å². The van der Waals surface area contributed by atoms with Crippen molar-refractivity contribution in [2.45, 2.75) is 57.8 Å². The Morgan fingerprint density at radius 3 is 2.13 bits per heavy atom. The van der Waals surface area contributed by atoms with Crippen LogP contribution in [0, 0.1) is 5.92 Å². The Morgan fingerprint density at radius 1 is 1.27 bits per heavy atom. The molecule has 0 aliphatic carbocycles. The fraction of sp³-hybridized carbons (Fsp3) is 1.00. The van der Waals surface area contributed by atoms with E-state index in [9.17, 15) is 0 Å². The van der Waals surface area contributed by atoms with Crippen molar-refractivity contribution in [2.24, 2.45) is 5.92 Å². The summed E-state index contributed by atoms with van der Waals surface area (Å²) in [7, 11) is -0.943. The molecule has 0 saturated heterocycles. The van der Waals surface area contributed by atoms with Crippen LogP contribution in [0.3, 0.4) is 0 Å². The maximum atomic E-state index is 6.30. The second-order valence-electron chi connectivity index (χ2n) is 6.06. The molecule has 0 amide bonds. The van der Waals surface area contributed by atoms with Crippen LogP contribution in [0.1, 0.15) is 27.2 Å². The Labute approximate surface area is 102 Å². The number of halogens is 1. The highest BCUT2D eigenvalue weighted by atomic mass is 35.5. The first-order chi connectivity index (χ1) is 6.67. The highest BCUT2D eigenvalue weighted by molar-refractivity contribution is 6.76. The maximum Gasteiger partial charge on any atom is 0.0510 e. The molecule has 3 heteroatoms. The molecule has 1 nitrogen and oxygen atoms in total. The lowest BCUT2D eigenvalue weighted by Crippen LogP contribution is -2.29. The maximum absolute atomic E-state index is 6.30. The van der Waals surface area contributed by atoms with Crippen molar-refractivity contribution in [3.05, 3.63) is 0 Å². The van der Waals surface area contributed by atoms with Crippen LogP contribution in [0.4, 0.5) is 0 Å². The monoisotopic (exact) mass is 250 g/mol. The molecule has 0 aliphatic rings. The molecule has 0 spiro atoms. The van der Waals surface area contributed by atoms with Crippen LogP contribution in [0.5, 0.6) is 0 Å². The molecular weight excluding hydrogens is 224 g/mol. The van der Waals surface area contributed by atoms with E-state index >= 15 is 0 Å². The highest BCUT2D eigenvalue weighted by Gasteiger charge is 2.25. The van der Waals surface area contributed by atoms with Crippen LogP contribution in [0.15, 0.2) is 0 Å². The first kappa shape index (κ1) is 15.5. The third-order valence-corrected chi connectivity index (χ3v) is 4.79. The lowest BCUT2D eigenvalue weighted by atomic mass is 9.93. The first-order valence-corrected chi connectivity index (χ1v) is 10.0. The van der Waals surface area contributed by atoms with Gasteiger partial charge in [0.25, 0.3) is 0 Å². The van der Waals surface area contributed by atoms with Crippen LogP contribution >= 0.6 is 11.6 Å². The second kappa shape index (κ2) is 6.26. The second-order valence-corrected chi connectivity index (χ2v) is 12.7. The molecule has 0 radical (unpaired) electrons. The minimum absolute atomic E-state index is 0.145. The van der Waals surface area contributed by atoms with Gasteiger partial charge in [0.2, 0.25) is 0 Å². The molecule has 0 aromatic heterocycles. The van der Waals surface area contributed by atoms with Crippen LogP contribution in [0.25, 0.3) is 0 Å². The molecule has 1 atom stereocenters. The Morgan fingerprint density at radius 2 is 1.80 bits per heavy atom. The average Bonchev–Trinajstić information content (AvgIpc) is 1.99. The van der Waals surface area contributed by atoms with Gasteiger partial charge in [-0.3, -0.25) is 0 Å². The lowest BCUT2D eigenvalue weighted by Gasteiger charge is -2.27. The van der Waals surface area contributed by atoms with E-state index in [1.165, 1.54) is 6.04 Å². The fourth-order valence-electron chi connectivity index (χ4n) is 1.41. The van der Waals surface area contributed by atoms with Gasteiger partial charge in [-0.15, -0.1) is 11.6 Å². The van der Waals surface area contributed by atoms with Crippen molar-refractivity contribution in [1.82, 2.24) is 0 Å². The number of hydrogen-bond acceptors (Lipinski definition) is 1. The quantitative estimate of drug-likeness (QED) is 0.370. The molecule has 0 unspecified atom stereocenters. The van der Waals surface area contributed by atoms with Crippen molar-refractivity contribution in [2.75, 3.05) is 13.2 Å². The summed E-state index contributed by atoms with van der Waals surface area (Å²) < 4.78 is 5.74. The summed E-state index contributed by atoms with van der Waals surface area (Å²) in [5.74, 6) is 0.459. The Balaban J connectivity index is 3.75. The largest absolute Gasteiger partial charge is 0.381 e. The zero-order valence-corrected chi connectivity index (χ0v) is 12.9. The number of rotatable bonds is 7. The summed E-state index contributed by atoms with van der Waals surface area (Å²) in [6.07, 6.45) is 1.09. The van der Waals surface area contributed by atoms with Gasteiger partial charge in [-0.2, -0.15) is 0 Å². The van der Waals surface area contributed by atoms with Gasteiger partial charge in [0.05, 0.1) is 6.61 Å². The molecule has 0 bridgehead atoms. The van der Waals surface area contributed by atoms with E-state index in [0.29, 0.717) is 5.92 Å². The molecule has 0 aromatic rings. The molecular formula is C12H27ClOSi. The average molecular weight is 251 g/mol. The summed E-state index contributed by atoms with van der Waals surface area (Å²) in [6, 6.07) is 1.24. The van der Waals surface area contributed by atoms with Gasteiger partial charge < -0.3 is 4.74 Å². The minimum atomic E-state index is -0.943. The highest BCUT2D eigenvalue weighted by Crippen LogP contribution is 2.27. The summed E-state index contributed by atoms with van der Waals surface area (Å²) in [6.45, 7) is 15.2. The zero-order valence-electron chi connectivity index (χ0n) is 11.2. The Hall–Kier alpha value is 0.467. The zero-order chi connectivity index (χ0) is 12.1. The van der Waals surface area contributed by atoms with Crippen molar-refractivity contribution >= 4 is 19.7 Å². The van der Waals surface area contributed by atoms with Crippen molar-refractivity contribution < 1.29 is 4.74 Å². The van der Waals surface area contributed by atoms with Crippen LogP contribution < -0.4 is 0 Å². The summed E-state index contributed by atoms with van der Waals surface area (Å²) in [4.78, 5) is -0.145. The first-order valence-electron chi connectivity index (χ1n) is 5.93. The molecule has 0 fully saturated rings. The van der Waals surface area contributed by atoms with Crippen LogP contribution in [0.2, 0.25) is 25.7 Å². The summed E-state index contributed by atoms with van der Waals surface area (Å²) in [5, 5.41) is 0. The van der Waals surface area contributed by atoms with Gasteiger partial charge in [0, 0.05) is 25.5 Å². The SMILES string of the molecule is CC[C@@H](COCC[Si](C)(C)C)C(C)(C)Cl. The molecule has 0 heterocycles. The predicted molar refractivity (Wildman–Crippen MR) is 72.7 cm³/mol. The molecule has 0 rings (SSSR count). The summed E-state index contributed by atoms with van der Waals surface area (Å²) in [5.41, 5.74) is 0. The van der Waals surface area contributed by atoms with Crippen molar-refractivity contribution in [3.8, 4) is 0 Å². The molecule has 0 N–H and O–H groups in total. The molecule has 0 aliphatic heterocycles. The smallest absolute Gasteiger partial charge is 0.0510 e. The molecule has 15 heavy (non-hydrogen) atoms. The van der Waals surface area contributed by atoms with E-state index in [1.54, 1.807) is 0 Å². The van der Waals surface area contributed by atoms with Crippen LogP contribution in [-0.4, -0.2) is 26.2 Å². The summed E-state index contributed by atoms with van der Waals surface area (Å²) >= 11 is 6.30. The van der Waals surface area contributed by atoms with E-state index < -0.39 is 8.07 Å². The molecule has 92 valence electrons. The van der Waals surface area contributed by atoms with Gasteiger partial charge in [-0.25, -0.2) is 0 Å². The van der Waals surface area contributed by atoms with E-state index in [4.69, 9.17) is 16.3 Å². The number of alkyl halides is 1.